The first-order valence-electron chi connectivity index (χ1n) is 8.89. The summed E-state index contributed by atoms with van der Waals surface area (Å²) in [6, 6.07) is 7.05. The Morgan fingerprint density at radius 3 is 2.15 bits per heavy atom. The highest BCUT2D eigenvalue weighted by Crippen LogP contribution is 2.22. The fourth-order valence-electron chi connectivity index (χ4n) is 2.25. The number of hydrogen-bond acceptors (Lipinski definition) is 6. The summed E-state index contributed by atoms with van der Waals surface area (Å²) in [5, 5.41) is 8.87. The van der Waals surface area contributed by atoms with Gasteiger partial charge >= 0.3 is 6.36 Å². The van der Waals surface area contributed by atoms with Crippen LogP contribution in [0.1, 0.15) is 46.0 Å². The Morgan fingerprint density at radius 1 is 1.15 bits per heavy atom. The number of nitrogens with two attached hydrogens (primary N) is 2. The van der Waals surface area contributed by atoms with Gasteiger partial charge in [-0.05, 0) is 37.8 Å². The average molecular weight is 393 g/mol. The molecule has 0 unspecified atom stereocenters. The summed E-state index contributed by atoms with van der Waals surface area (Å²) in [7, 11) is 0. The van der Waals surface area contributed by atoms with Gasteiger partial charge in [0.15, 0.2) is 0 Å². The lowest BCUT2D eigenvalue weighted by Crippen LogP contribution is -2.30. The molecule has 1 saturated carbocycles. The SMILES string of the molecule is CC.FC(F)(F)Oc1ccccc1.NN/C(CO)=C(\N)OC1CCCCC1. The van der Waals surface area contributed by atoms with E-state index >= 15 is 0 Å². The molecule has 9 heteroatoms. The topological polar surface area (TPSA) is 103 Å². The van der Waals surface area contributed by atoms with Gasteiger partial charge in [-0.2, -0.15) is 0 Å². The summed E-state index contributed by atoms with van der Waals surface area (Å²) >= 11 is 0. The maximum absolute atomic E-state index is 11.5. The van der Waals surface area contributed by atoms with Gasteiger partial charge < -0.3 is 25.7 Å². The zero-order valence-corrected chi connectivity index (χ0v) is 15.8. The van der Waals surface area contributed by atoms with Crippen molar-refractivity contribution in [2.45, 2.75) is 58.4 Å². The smallest absolute Gasteiger partial charge is 0.475 e. The second-order valence-electron chi connectivity index (χ2n) is 5.38. The van der Waals surface area contributed by atoms with Crippen molar-refractivity contribution in [1.29, 1.82) is 0 Å². The number of rotatable bonds is 5. The van der Waals surface area contributed by atoms with Crippen molar-refractivity contribution in [3.63, 3.8) is 0 Å². The molecule has 156 valence electrons. The highest BCUT2D eigenvalue weighted by molar-refractivity contribution is 5.21. The van der Waals surface area contributed by atoms with Gasteiger partial charge in [0.1, 0.15) is 17.6 Å². The lowest BCUT2D eigenvalue weighted by Gasteiger charge is -2.23. The number of benzene rings is 1. The first-order valence-corrected chi connectivity index (χ1v) is 8.89. The number of aliphatic hydroxyl groups excluding tert-OH is 1. The van der Waals surface area contributed by atoms with E-state index in [0.717, 1.165) is 12.8 Å². The second-order valence-corrected chi connectivity index (χ2v) is 5.38. The molecular formula is C18H30F3N3O3. The molecule has 0 saturated heterocycles. The van der Waals surface area contributed by atoms with Gasteiger partial charge in [-0.3, -0.25) is 5.84 Å². The molecule has 1 fully saturated rings. The Kier molecular flexibility index (Phi) is 12.9. The van der Waals surface area contributed by atoms with E-state index in [1.165, 1.54) is 43.5 Å². The molecule has 0 aromatic heterocycles. The molecule has 2 rings (SSSR count). The van der Waals surface area contributed by atoms with Crippen LogP contribution in [0, 0.1) is 0 Å². The van der Waals surface area contributed by atoms with Gasteiger partial charge in [-0.1, -0.05) is 38.5 Å². The normalized spacial score (nSPS) is 15.2. The maximum Gasteiger partial charge on any atom is 0.573 e. The van der Waals surface area contributed by atoms with Gasteiger partial charge in [0.05, 0.1) is 6.61 Å². The lowest BCUT2D eigenvalue weighted by atomic mass is 9.98. The third-order valence-electron chi connectivity index (χ3n) is 3.45. The number of ether oxygens (including phenoxy) is 2. The molecule has 1 aromatic rings. The molecule has 1 aliphatic rings. The molecular weight excluding hydrogens is 363 g/mol. The highest BCUT2D eigenvalue weighted by atomic mass is 19.4. The standard InChI is InChI=1S/C9H19N3O2.C7H5F3O.C2H6/c10-9(8(6-13)12-11)14-7-4-2-1-3-5-7;8-7(9,10)11-6-4-2-1-3-5-6;1-2/h7,12-13H,1-6,10-11H2;1-5H;1-2H3/b9-8+;;. The molecule has 1 aliphatic carbocycles. The van der Waals surface area contributed by atoms with Gasteiger partial charge in [0, 0.05) is 0 Å². The van der Waals surface area contributed by atoms with Crippen molar-refractivity contribution in [2.75, 3.05) is 6.61 Å². The monoisotopic (exact) mass is 393 g/mol. The van der Waals surface area contributed by atoms with Crippen LogP contribution in [0.3, 0.4) is 0 Å². The average Bonchev–Trinajstić information content (AvgIpc) is 2.65. The predicted octanol–water partition coefficient (Wildman–Crippen LogP) is 3.53. The van der Waals surface area contributed by atoms with E-state index in [9.17, 15) is 13.2 Å². The van der Waals surface area contributed by atoms with Gasteiger partial charge in [0.25, 0.3) is 0 Å². The van der Waals surface area contributed by atoms with Gasteiger partial charge in [-0.15, -0.1) is 13.2 Å². The number of aliphatic hydroxyl groups is 1. The minimum absolute atomic E-state index is 0.179. The lowest BCUT2D eigenvalue weighted by molar-refractivity contribution is -0.274. The summed E-state index contributed by atoms with van der Waals surface area (Å²) in [6.45, 7) is 3.77. The Bertz CT molecular complexity index is 514. The minimum atomic E-state index is -4.60. The molecule has 0 radical (unpaired) electrons. The Morgan fingerprint density at radius 2 is 1.70 bits per heavy atom. The summed E-state index contributed by atoms with van der Waals surface area (Å²) in [4.78, 5) is 0. The van der Waals surface area contributed by atoms with Crippen LogP contribution in [0.15, 0.2) is 41.9 Å². The Labute approximate surface area is 158 Å². The summed E-state index contributed by atoms with van der Waals surface area (Å²) in [6.07, 6.45) is 1.28. The van der Waals surface area contributed by atoms with Crippen molar-refractivity contribution in [1.82, 2.24) is 5.43 Å². The van der Waals surface area contributed by atoms with Crippen LogP contribution in [-0.2, 0) is 4.74 Å². The number of nitrogens with one attached hydrogen (secondary N) is 1. The minimum Gasteiger partial charge on any atom is -0.475 e. The Hall–Kier alpha value is -2.13. The number of hydrazine groups is 1. The first kappa shape index (κ1) is 24.9. The molecule has 0 aliphatic heterocycles. The fourth-order valence-corrected chi connectivity index (χ4v) is 2.25. The predicted molar refractivity (Wildman–Crippen MR) is 98.1 cm³/mol. The van der Waals surface area contributed by atoms with E-state index < -0.39 is 6.36 Å². The van der Waals surface area contributed by atoms with Crippen molar-refractivity contribution in [3.05, 3.63) is 41.9 Å². The molecule has 0 amide bonds. The maximum atomic E-state index is 11.5. The molecule has 27 heavy (non-hydrogen) atoms. The van der Waals surface area contributed by atoms with Gasteiger partial charge in [0.2, 0.25) is 5.88 Å². The van der Waals surface area contributed by atoms with E-state index in [1.807, 2.05) is 13.8 Å². The highest BCUT2D eigenvalue weighted by Gasteiger charge is 2.30. The van der Waals surface area contributed by atoms with Crippen LogP contribution >= 0.6 is 0 Å². The fraction of sp³-hybridized carbons (Fsp3) is 0.556. The third-order valence-corrected chi connectivity index (χ3v) is 3.45. The molecule has 0 heterocycles. The zero-order chi connectivity index (χ0) is 20.7. The number of para-hydroxylation sites is 1. The van der Waals surface area contributed by atoms with E-state index in [1.54, 1.807) is 6.07 Å². The zero-order valence-electron chi connectivity index (χ0n) is 15.8. The van der Waals surface area contributed by atoms with Gasteiger partial charge in [-0.25, -0.2) is 0 Å². The summed E-state index contributed by atoms with van der Waals surface area (Å²) in [5.74, 6) is 5.18. The largest absolute Gasteiger partial charge is 0.573 e. The molecule has 0 bridgehead atoms. The van der Waals surface area contributed by atoms with Crippen LogP contribution in [-0.4, -0.2) is 24.2 Å². The molecule has 1 aromatic carbocycles. The van der Waals surface area contributed by atoms with Crippen LogP contribution in [0.2, 0.25) is 0 Å². The van der Waals surface area contributed by atoms with E-state index in [0.29, 0.717) is 5.70 Å². The van der Waals surface area contributed by atoms with E-state index in [2.05, 4.69) is 10.2 Å². The molecule has 0 atom stereocenters. The molecule has 6 N–H and O–H groups in total. The summed E-state index contributed by atoms with van der Waals surface area (Å²) < 4.78 is 43.6. The van der Waals surface area contributed by atoms with Crippen molar-refractivity contribution in [2.24, 2.45) is 11.6 Å². The van der Waals surface area contributed by atoms with Crippen LogP contribution in [0.4, 0.5) is 13.2 Å². The Balaban J connectivity index is 0.000000469. The van der Waals surface area contributed by atoms with Crippen molar-refractivity contribution >= 4 is 0 Å². The third kappa shape index (κ3) is 12.0. The van der Waals surface area contributed by atoms with Crippen LogP contribution in [0.25, 0.3) is 0 Å². The van der Waals surface area contributed by atoms with Crippen LogP contribution < -0.4 is 21.7 Å². The van der Waals surface area contributed by atoms with Crippen molar-refractivity contribution < 1.29 is 27.8 Å². The summed E-state index contributed by atoms with van der Waals surface area (Å²) in [5.41, 5.74) is 8.29. The first-order chi connectivity index (χ1) is 12.9. The number of alkyl halides is 3. The molecule has 6 nitrogen and oxygen atoms in total. The number of halogens is 3. The van der Waals surface area contributed by atoms with E-state index in [-0.39, 0.29) is 24.3 Å². The van der Waals surface area contributed by atoms with E-state index in [4.69, 9.17) is 21.4 Å². The number of hydrogen-bond donors (Lipinski definition) is 4. The van der Waals surface area contributed by atoms with Crippen molar-refractivity contribution in [3.8, 4) is 5.75 Å². The molecule has 0 spiro atoms. The second kappa shape index (κ2) is 14.0. The van der Waals surface area contributed by atoms with Crippen LogP contribution in [0.5, 0.6) is 5.75 Å². The quantitative estimate of drug-likeness (QED) is 0.347.